The van der Waals surface area contributed by atoms with E-state index in [1.54, 1.807) is 18.2 Å². The maximum absolute atomic E-state index is 12.6. The van der Waals surface area contributed by atoms with Gasteiger partial charge in [-0.2, -0.15) is 0 Å². The van der Waals surface area contributed by atoms with E-state index in [2.05, 4.69) is 21.7 Å². The molecule has 3 aromatic carbocycles. The Labute approximate surface area is 196 Å². The highest BCUT2D eigenvalue weighted by Gasteiger charge is 2.14. The second-order valence-electron chi connectivity index (χ2n) is 7.51. The van der Waals surface area contributed by atoms with Crippen LogP contribution in [0.15, 0.2) is 59.0 Å². The Morgan fingerprint density at radius 1 is 1.00 bits per heavy atom. The Kier molecular flexibility index (Phi) is 6.28. The van der Waals surface area contributed by atoms with Crippen molar-refractivity contribution in [1.29, 1.82) is 0 Å². The SMILES string of the molecule is COc1ccc(C(=O)NC(=S)Nc2cccc(-c3nc4cc(C)cc(C)c4o3)c2)cc1OC. The molecule has 0 fully saturated rings. The van der Waals surface area contributed by atoms with Crippen molar-refractivity contribution < 1.29 is 18.7 Å². The number of aryl methyl sites for hydroxylation is 2. The number of anilines is 1. The molecule has 7 nitrogen and oxygen atoms in total. The third-order valence-electron chi connectivity index (χ3n) is 5.06. The molecule has 0 saturated carbocycles. The second-order valence-corrected chi connectivity index (χ2v) is 7.92. The molecule has 0 aliphatic rings. The summed E-state index contributed by atoms with van der Waals surface area (Å²) in [5.74, 6) is 1.15. The zero-order valence-electron chi connectivity index (χ0n) is 18.7. The molecule has 33 heavy (non-hydrogen) atoms. The summed E-state index contributed by atoms with van der Waals surface area (Å²) in [6.45, 7) is 4.03. The van der Waals surface area contributed by atoms with Crippen molar-refractivity contribution in [1.82, 2.24) is 10.3 Å². The van der Waals surface area contributed by atoms with Gasteiger partial charge in [-0.25, -0.2) is 4.98 Å². The molecule has 0 atom stereocenters. The summed E-state index contributed by atoms with van der Waals surface area (Å²) >= 11 is 5.33. The number of oxazole rings is 1. The molecule has 0 unspecified atom stereocenters. The van der Waals surface area contributed by atoms with Gasteiger partial charge in [0.05, 0.1) is 14.2 Å². The van der Waals surface area contributed by atoms with Crippen molar-refractivity contribution in [3.8, 4) is 23.0 Å². The fourth-order valence-corrected chi connectivity index (χ4v) is 3.76. The Hall–Kier alpha value is -3.91. The van der Waals surface area contributed by atoms with Gasteiger partial charge in [0.1, 0.15) is 5.52 Å². The summed E-state index contributed by atoms with van der Waals surface area (Å²) in [5, 5.41) is 5.87. The molecular formula is C25H23N3O4S. The van der Waals surface area contributed by atoms with Crippen LogP contribution in [0.1, 0.15) is 21.5 Å². The maximum atomic E-state index is 12.6. The summed E-state index contributed by atoms with van der Waals surface area (Å²) < 4.78 is 16.5. The van der Waals surface area contributed by atoms with Crippen LogP contribution in [0.2, 0.25) is 0 Å². The molecular weight excluding hydrogens is 438 g/mol. The molecule has 0 aliphatic carbocycles. The molecule has 0 aliphatic heterocycles. The predicted molar refractivity (Wildman–Crippen MR) is 132 cm³/mol. The van der Waals surface area contributed by atoms with Gasteiger partial charge < -0.3 is 19.2 Å². The van der Waals surface area contributed by atoms with E-state index in [0.717, 1.165) is 27.8 Å². The van der Waals surface area contributed by atoms with E-state index < -0.39 is 0 Å². The number of carbonyl (C=O) groups excluding carboxylic acids is 1. The number of benzene rings is 3. The summed E-state index contributed by atoms with van der Waals surface area (Å²) in [4.78, 5) is 17.2. The number of amides is 1. The smallest absolute Gasteiger partial charge is 0.257 e. The number of thiocarbonyl (C=S) groups is 1. The third-order valence-corrected chi connectivity index (χ3v) is 5.26. The largest absolute Gasteiger partial charge is 0.493 e. The first-order chi connectivity index (χ1) is 15.9. The lowest BCUT2D eigenvalue weighted by Gasteiger charge is -2.12. The zero-order valence-corrected chi connectivity index (χ0v) is 19.5. The highest BCUT2D eigenvalue weighted by molar-refractivity contribution is 7.80. The van der Waals surface area contributed by atoms with Crippen molar-refractivity contribution >= 4 is 40.0 Å². The lowest BCUT2D eigenvalue weighted by atomic mass is 10.1. The molecule has 1 aromatic heterocycles. The average Bonchev–Trinajstić information content (AvgIpc) is 3.23. The molecule has 4 aromatic rings. The van der Waals surface area contributed by atoms with E-state index in [1.165, 1.54) is 14.2 Å². The Bertz CT molecular complexity index is 1360. The number of ether oxygens (including phenoxy) is 2. The highest BCUT2D eigenvalue weighted by atomic mass is 32.1. The second kappa shape index (κ2) is 9.30. The van der Waals surface area contributed by atoms with E-state index in [1.807, 2.05) is 44.2 Å². The minimum absolute atomic E-state index is 0.163. The molecule has 1 amide bonds. The first-order valence-corrected chi connectivity index (χ1v) is 10.6. The van der Waals surface area contributed by atoms with Crippen molar-refractivity contribution in [2.45, 2.75) is 13.8 Å². The first kappa shape index (κ1) is 22.3. The molecule has 168 valence electrons. The van der Waals surface area contributed by atoms with Gasteiger partial charge >= 0.3 is 0 Å². The molecule has 0 radical (unpaired) electrons. The topological polar surface area (TPSA) is 85.6 Å². The van der Waals surface area contributed by atoms with Gasteiger partial charge in [0.15, 0.2) is 22.2 Å². The number of aromatic nitrogens is 1. The highest BCUT2D eigenvalue weighted by Crippen LogP contribution is 2.29. The summed E-state index contributed by atoms with van der Waals surface area (Å²) in [5.41, 5.74) is 5.64. The van der Waals surface area contributed by atoms with E-state index in [4.69, 9.17) is 26.1 Å². The molecule has 8 heteroatoms. The molecule has 2 N–H and O–H groups in total. The van der Waals surface area contributed by atoms with Crippen LogP contribution >= 0.6 is 12.2 Å². The fourth-order valence-electron chi connectivity index (χ4n) is 3.55. The number of hydrogen-bond donors (Lipinski definition) is 2. The molecule has 0 saturated heterocycles. The third kappa shape index (κ3) is 4.80. The normalized spacial score (nSPS) is 10.7. The van der Waals surface area contributed by atoms with Gasteiger partial charge in [-0.1, -0.05) is 12.1 Å². The van der Waals surface area contributed by atoms with Crippen LogP contribution < -0.4 is 20.1 Å². The van der Waals surface area contributed by atoms with Crippen molar-refractivity contribution in [2.75, 3.05) is 19.5 Å². The molecule has 0 spiro atoms. The number of methoxy groups -OCH3 is 2. The summed E-state index contributed by atoms with van der Waals surface area (Å²) in [6, 6.07) is 16.4. The quantitative estimate of drug-likeness (QED) is 0.392. The lowest BCUT2D eigenvalue weighted by molar-refractivity contribution is 0.0977. The Balaban J connectivity index is 1.49. The predicted octanol–water partition coefficient (Wildman–Crippen LogP) is 5.26. The zero-order chi connectivity index (χ0) is 23.5. The van der Waals surface area contributed by atoms with Crippen LogP contribution in [-0.4, -0.2) is 30.2 Å². The van der Waals surface area contributed by atoms with Crippen LogP contribution in [0, 0.1) is 13.8 Å². The van der Waals surface area contributed by atoms with E-state index >= 15 is 0 Å². The minimum Gasteiger partial charge on any atom is -0.493 e. The average molecular weight is 462 g/mol. The van der Waals surface area contributed by atoms with Crippen LogP contribution in [0.4, 0.5) is 5.69 Å². The van der Waals surface area contributed by atoms with Gasteiger partial charge in [-0.3, -0.25) is 10.1 Å². The number of carbonyl (C=O) groups is 1. The lowest BCUT2D eigenvalue weighted by Crippen LogP contribution is -2.34. The maximum Gasteiger partial charge on any atom is 0.257 e. The number of nitrogens with one attached hydrogen (secondary N) is 2. The number of hydrogen-bond acceptors (Lipinski definition) is 6. The fraction of sp³-hybridized carbons (Fsp3) is 0.160. The van der Waals surface area contributed by atoms with E-state index in [9.17, 15) is 4.79 Å². The van der Waals surface area contributed by atoms with Gasteiger partial charge in [-0.15, -0.1) is 0 Å². The van der Waals surface area contributed by atoms with Gasteiger partial charge in [-0.05, 0) is 79.7 Å². The Morgan fingerprint density at radius 3 is 2.55 bits per heavy atom. The van der Waals surface area contributed by atoms with Crippen molar-refractivity contribution in [3.05, 3.63) is 71.3 Å². The minimum atomic E-state index is -0.366. The Morgan fingerprint density at radius 2 is 1.79 bits per heavy atom. The van der Waals surface area contributed by atoms with E-state index in [0.29, 0.717) is 28.6 Å². The first-order valence-electron chi connectivity index (χ1n) is 10.2. The van der Waals surface area contributed by atoms with Crippen LogP contribution in [-0.2, 0) is 0 Å². The molecule has 4 rings (SSSR count). The molecule has 1 heterocycles. The number of rotatable bonds is 5. The van der Waals surface area contributed by atoms with Gasteiger partial charge in [0, 0.05) is 16.8 Å². The number of nitrogens with zero attached hydrogens (tertiary/aromatic N) is 1. The van der Waals surface area contributed by atoms with Crippen molar-refractivity contribution in [2.24, 2.45) is 0 Å². The van der Waals surface area contributed by atoms with Crippen molar-refractivity contribution in [3.63, 3.8) is 0 Å². The molecule has 0 bridgehead atoms. The monoisotopic (exact) mass is 461 g/mol. The summed E-state index contributed by atoms with van der Waals surface area (Å²) in [6.07, 6.45) is 0. The van der Waals surface area contributed by atoms with Gasteiger partial charge in [0.25, 0.3) is 5.91 Å². The van der Waals surface area contributed by atoms with Crippen LogP contribution in [0.3, 0.4) is 0 Å². The standard InChI is InChI=1S/C25H23N3O4S/c1-14-10-15(2)22-19(11-14)27-24(32-22)17-6-5-7-18(12-17)26-25(33)28-23(29)16-8-9-20(30-3)21(13-16)31-4/h5-13H,1-4H3,(H2,26,28,29,33). The summed E-state index contributed by atoms with van der Waals surface area (Å²) in [7, 11) is 3.05. The number of fused-ring (bicyclic) bond motifs is 1. The van der Waals surface area contributed by atoms with Crippen LogP contribution in [0.5, 0.6) is 11.5 Å². The van der Waals surface area contributed by atoms with Crippen LogP contribution in [0.25, 0.3) is 22.6 Å². The van der Waals surface area contributed by atoms with Gasteiger partial charge in [0.2, 0.25) is 5.89 Å². The van der Waals surface area contributed by atoms with E-state index in [-0.39, 0.29) is 11.0 Å².